The zero-order chi connectivity index (χ0) is 41.8. The van der Waals surface area contributed by atoms with Gasteiger partial charge in [0.2, 0.25) is 29.5 Å². The minimum atomic E-state index is -1.30. The molecule has 0 aromatic carbocycles. The molecule has 5 amide bonds. The van der Waals surface area contributed by atoms with Gasteiger partial charge in [0.1, 0.15) is 36.5 Å². The minimum Gasteiger partial charge on any atom is -0.394 e. The Balaban J connectivity index is 6.48. The van der Waals surface area contributed by atoms with Crippen LogP contribution in [0.4, 0.5) is 0 Å². The quantitative estimate of drug-likeness (QED) is 0.0145. The average molecular weight is 785 g/mol. The zero-order valence-corrected chi connectivity index (χ0v) is 31.2. The van der Waals surface area contributed by atoms with Gasteiger partial charge in [-0.05, 0) is 58.4 Å². The van der Waals surface area contributed by atoms with Crippen molar-refractivity contribution in [3.8, 4) is 0 Å². The summed E-state index contributed by atoms with van der Waals surface area (Å²) in [4.78, 5) is 93.4. The number of aldehydes is 1. The molecule has 0 heterocycles. The van der Waals surface area contributed by atoms with Crippen LogP contribution in [0.1, 0.15) is 51.4 Å². The molecule has 25 heteroatoms. The predicted molar refractivity (Wildman–Crippen MR) is 206 cm³/mol. The topological polar surface area (TPSA) is 452 Å². The number of nitrogens with one attached hydrogen (secondary N) is 6. The van der Waals surface area contributed by atoms with Crippen LogP contribution < -0.4 is 77.8 Å². The molecule has 0 saturated carbocycles. The van der Waals surface area contributed by atoms with E-state index in [1.54, 1.807) is 0 Å². The summed E-state index contributed by atoms with van der Waals surface area (Å²) < 4.78 is 0. The average Bonchev–Trinajstić information content (AvgIpc) is 3.11. The van der Waals surface area contributed by atoms with Gasteiger partial charge >= 0.3 is 0 Å². The van der Waals surface area contributed by atoms with Gasteiger partial charge in [-0.15, -0.1) is 0 Å². The molecule has 0 aromatic rings. The maximum Gasteiger partial charge on any atom is 0.243 e. The van der Waals surface area contributed by atoms with Crippen LogP contribution in [0.5, 0.6) is 0 Å². The number of nitrogens with zero attached hydrogens (tertiary/aromatic N) is 4. The lowest BCUT2D eigenvalue weighted by Gasteiger charge is -2.27. The molecule has 3 unspecified atom stereocenters. The highest BCUT2D eigenvalue weighted by atomic mass is 16.3. The van der Waals surface area contributed by atoms with Crippen LogP contribution in [0, 0.1) is 0 Å². The second-order valence-corrected chi connectivity index (χ2v) is 12.0. The van der Waals surface area contributed by atoms with Crippen molar-refractivity contribution in [2.45, 2.75) is 81.6 Å². The van der Waals surface area contributed by atoms with Crippen molar-refractivity contribution in [1.29, 1.82) is 0 Å². The summed E-state index contributed by atoms with van der Waals surface area (Å²) in [6, 6.07) is -5.98. The maximum atomic E-state index is 13.9. The molecule has 0 spiro atoms. The largest absolute Gasteiger partial charge is 0.394 e. The molecule has 0 aliphatic carbocycles. The number of aliphatic imine (C=N–C) groups is 4. The normalized spacial score (nSPS) is 13.2. The summed E-state index contributed by atoms with van der Waals surface area (Å²) >= 11 is 0. The zero-order valence-electron chi connectivity index (χ0n) is 31.2. The van der Waals surface area contributed by atoms with Crippen LogP contribution in [0.25, 0.3) is 0 Å². The molecule has 0 fully saturated rings. The summed E-state index contributed by atoms with van der Waals surface area (Å²) in [6.45, 7) is -0.445. The SMILES string of the molecule is CNC(CO)C(=O)N[C@@H](CCCN=C(N)N)C(=O)NC(CCCN=C(N)N)C(=O)N[C@@H](CCCN=C(N)N)C(=O)NC(CCCN=C(N)N)C(=O)NCC=O. The van der Waals surface area contributed by atoms with Crippen molar-refractivity contribution < 1.29 is 33.9 Å². The van der Waals surface area contributed by atoms with Gasteiger partial charge in [0.05, 0.1) is 13.2 Å². The Labute approximate surface area is 319 Å². The Bertz CT molecular complexity index is 1340. The second kappa shape index (κ2) is 28.5. The van der Waals surface area contributed by atoms with Gasteiger partial charge in [-0.25, -0.2) is 0 Å². The molecule has 0 rings (SSSR count). The number of carbonyl (C=O) groups is 6. The fourth-order valence-corrected chi connectivity index (χ4v) is 4.75. The van der Waals surface area contributed by atoms with E-state index in [2.05, 4.69) is 51.9 Å². The van der Waals surface area contributed by atoms with E-state index in [9.17, 15) is 33.9 Å². The molecular weight excluding hydrogens is 724 g/mol. The molecule has 23 N–H and O–H groups in total. The molecular formula is C30H60N18O7. The van der Waals surface area contributed by atoms with Crippen LogP contribution in [-0.2, 0) is 28.8 Å². The van der Waals surface area contributed by atoms with E-state index >= 15 is 0 Å². The van der Waals surface area contributed by atoms with Crippen LogP contribution in [0.3, 0.4) is 0 Å². The number of carbonyl (C=O) groups excluding carboxylic acids is 6. The Morgan fingerprint density at radius 3 is 1.02 bits per heavy atom. The third kappa shape index (κ3) is 23.3. The van der Waals surface area contributed by atoms with Gasteiger partial charge in [0.25, 0.3) is 0 Å². The lowest BCUT2D eigenvalue weighted by molar-refractivity contribution is -0.135. The lowest BCUT2D eigenvalue weighted by atomic mass is 10.0. The third-order valence-electron chi connectivity index (χ3n) is 7.52. The lowest BCUT2D eigenvalue weighted by Crippen LogP contribution is -2.59. The number of likely N-dealkylation sites (N-methyl/N-ethyl adjacent to an activating group) is 1. The molecule has 0 aromatic heterocycles. The number of amides is 5. The van der Waals surface area contributed by atoms with Crippen molar-refractivity contribution in [3.63, 3.8) is 0 Å². The van der Waals surface area contributed by atoms with Crippen molar-refractivity contribution in [3.05, 3.63) is 0 Å². The number of aliphatic hydroxyl groups excluding tert-OH is 1. The predicted octanol–water partition coefficient (Wildman–Crippen LogP) is -7.96. The van der Waals surface area contributed by atoms with E-state index < -0.39 is 66.4 Å². The number of hydrogen-bond donors (Lipinski definition) is 15. The van der Waals surface area contributed by atoms with Crippen molar-refractivity contribution in [2.75, 3.05) is 46.4 Å². The number of aliphatic hydroxyl groups is 1. The first-order chi connectivity index (χ1) is 26.1. The van der Waals surface area contributed by atoms with Crippen molar-refractivity contribution >= 4 is 59.7 Å². The Kier molecular flexibility index (Phi) is 25.4. The molecule has 0 bridgehead atoms. The number of hydrogen-bond acceptors (Lipinski definition) is 12. The van der Waals surface area contributed by atoms with Gasteiger partial charge in [0, 0.05) is 26.2 Å². The Morgan fingerprint density at radius 2 is 0.782 bits per heavy atom. The summed E-state index contributed by atoms with van der Waals surface area (Å²) in [5.74, 6) is -4.43. The van der Waals surface area contributed by atoms with Gasteiger partial charge < -0.3 is 87.7 Å². The van der Waals surface area contributed by atoms with Crippen LogP contribution in [0.15, 0.2) is 20.0 Å². The monoisotopic (exact) mass is 784 g/mol. The Morgan fingerprint density at radius 1 is 0.509 bits per heavy atom. The third-order valence-corrected chi connectivity index (χ3v) is 7.52. The first-order valence-electron chi connectivity index (χ1n) is 17.5. The molecule has 5 atom stereocenters. The van der Waals surface area contributed by atoms with Gasteiger partial charge in [-0.1, -0.05) is 0 Å². The summed E-state index contributed by atoms with van der Waals surface area (Å²) in [5, 5.41) is 25.0. The molecule has 312 valence electrons. The van der Waals surface area contributed by atoms with E-state index in [-0.39, 0.29) is 108 Å². The molecule has 0 saturated heterocycles. The van der Waals surface area contributed by atoms with Crippen molar-refractivity contribution in [1.82, 2.24) is 31.9 Å². The van der Waals surface area contributed by atoms with Crippen LogP contribution in [0.2, 0.25) is 0 Å². The number of guanidine groups is 4. The standard InChI is InChI=1S/C30H60N18O7/c1-39-21(16-50)26(55)48-20(9-5-13-44-30(37)38)25(54)47-19(8-4-12-43-29(35)36)24(53)46-18(7-3-11-42-28(33)34)23(52)45-17(22(51)40-14-15-49)6-2-10-41-27(31)32/h15,17-21,39,50H,2-14,16H2,1H3,(H,40,51)(H,45,52)(H,46,53)(H,47,54)(H,48,55)(H4,31,32,41)(H4,33,34,42)(H4,35,36,43)(H4,37,38,44)/t17?,18-,19?,20-,21?/m0/s1. The van der Waals surface area contributed by atoms with Gasteiger partial charge in [0.15, 0.2) is 23.8 Å². The molecule has 55 heavy (non-hydrogen) atoms. The van der Waals surface area contributed by atoms with E-state index in [1.807, 2.05) is 0 Å². The summed E-state index contributed by atoms with van der Waals surface area (Å²) in [7, 11) is 1.45. The first-order valence-corrected chi connectivity index (χ1v) is 17.5. The highest BCUT2D eigenvalue weighted by molar-refractivity contribution is 5.96. The summed E-state index contributed by atoms with van der Waals surface area (Å²) in [5.41, 5.74) is 43.2. The van der Waals surface area contributed by atoms with E-state index in [0.29, 0.717) is 6.29 Å². The second-order valence-electron chi connectivity index (χ2n) is 12.0. The fraction of sp³-hybridized carbons (Fsp3) is 0.667. The smallest absolute Gasteiger partial charge is 0.243 e. The number of rotatable bonds is 29. The molecule has 25 nitrogen and oxygen atoms in total. The molecule has 0 radical (unpaired) electrons. The first kappa shape index (κ1) is 49.0. The van der Waals surface area contributed by atoms with Crippen LogP contribution >= 0.6 is 0 Å². The van der Waals surface area contributed by atoms with E-state index in [0.717, 1.165) is 0 Å². The highest BCUT2D eigenvalue weighted by Gasteiger charge is 2.31. The van der Waals surface area contributed by atoms with Gasteiger partial charge in [-0.2, -0.15) is 0 Å². The van der Waals surface area contributed by atoms with E-state index in [1.165, 1.54) is 7.05 Å². The maximum absolute atomic E-state index is 13.9. The molecule has 0 aliphatic heterocycles. The van der Waals surface area contributed by atoms with Crippen LogP contribution in [-0.4, -0.2) is 141 Å². The summed E-state index contributed by atoms with van der Waals surface area (Å²) in [6.07, 6.45) is 1.42. The highest BCUT2D eigenvalue weighted by Crippen LogP contribution is 2.08. The van der Waals surface area contributed by atoms with Crippen molar-refractivity contribution in [2.24, 2.45) is 65.8 Å². The minimum absolute atomic E-state index is 0.0181. The van der Waals surface area contributed by atoms with Gasteiger partial charge in [-0.3, -0.25) is 43.9 Å². The Hall–Kier alpha value is -5.98. The van der Waals surface area contributed by atoms with E-state index in [4.69, 9.17) is 45.9 Å². The number of nitrogens with two attached hydrogens (primary N) is 8. The molecule has 0 aliphatic rings. The fourth-order valence-electron chi connectivity index (χ4n) is 4.75.